The molecule has 0 radical (unpaired) electrons. The van der Waals surface area contributed by atoms with E-state index in [1.54, 1.807) is 24.3 Å². The van der Waals surface area contributed by atoms with Gasteiger partial charge in [-0.2, -0.15) is 0 Å². The summed E-state index contributed by atoms with van der Waals surface area (Å²) in [6, 6.07) is 6.41. The SMILES string of the molecule is COc1ccc(OC(=O)C2(C(=O)O)CC2)cc1. The number of carboxylic acids is 1. The highest BCUT2D eigenvalue weighted by atomic mass is 16.5. The minimum atomic E-state index is -1.32. The molecule has 5 nitrogen and oxygen atoms in total. The molecule has 0 bridgehead atoms. The molecule has 0 amide bonds. The molecular weight excluding hydrogens is 224 g/mol. The quantitative estimate of drug-likeness (QED) is 0.487. The van der Waals surface area contributed by atoms with Crippen molar-refractivity contribution in [2.24, 2.45) is 5.41 Å². The largest absolute Gasteiger partial charge is 0.497 e. The Morgan fingerprint density at radius 3 is 2.12 bits per heavy atom. The van der Waals surface area contributed by atoms with Gasteiger partial charge in [0.25, 0.3) is 0 Å². The summed E-state index contributed by atoms with van der Waals surface area (Å²) in [6.45, 7) is 0. The van der Waals surface area contributed by atoms with E-state index >= 15 is 0 Å². The molecule has 1 aliphatic rings. The molecule has 1 aliphatic carbocycles. The maximum absolute atomic E-state index is 11.7. The molecule has 1 aromatic carbocycles. The number of carboxylic acid groups (broad SMARTS) is 1. The summed E-state index contributed by atoms with van der Waals surface area (Å²) in [5.41, 5.74) is -1.32. The lowest BCUT2D eigenvalue weighted by molar-refractivity contribution is -0.155. The summed E-state index contributed by atoms with van der Waals surface area (Å²) in [7, 11) is 1.53. The molecule has 17 heavy (non-hydrogen) atoms. The molecule has 0 atom stereocenters. The molecule has 0 spiro atoms. The van der Waals surface area contributed by atoms with Crippen LogP contribution < -0.4 is 9.47 Å². The molecule has 1 fully saturated rings. The van der Waals surface area contributed by atoms with Crippen molar-refractivity contribution >= 4 is 11.9 Å². The van der Waals surface area contributed by atoms with Crippen LogP contribution in [0.1, 0.15) is 12.8 Å². The molecule has 1 N–H and O–H groups in total. The predicted octanol–water partition coefficient (Wildman–Crippen LogP) is 1.47. The lowest BCUT2D eigenvalue weighted by Gasteiger charge is -2.09. The fourth-order valence-corrected chi connectivity index (χ4v) is 1.48. The van der Waals surface area contributed by atoms with Gasteiger partial charge in [-0.1, -0.05) is 0 Å². The first-order valence-corrected chi connectivity index (χ1v) is 5.18. The van der Waals surface area contributed by atoms with Crippen LogP contribution >= 0.6 is 0 Å². The van der Waals surface area contributed by atoms with Gasteiger partial charge in [0, 0.05) is 0 Å². The Morgan fingerprint density at radius 1 is 1.18 bits per heavy atom. The van der Waals surface area contributed by atoms with E-state index in [2.05, 4.69) is 0 Å². The molecule has 0 aromatic heterocycles. The molecule has 1 aromatic rings. The highest BCUT2D eigenvalue weighted by Gasteiger charge is 2.58. The van der Waals surface area contributed by atoms with Gasteiger partial charge in [-0.25, -0.2) is 0 Å². The van der Waals surface area contributed by atoms with E-state index in [1.165, 1.54) is 7.11 Å². The third kappa shape index (κ3) is 2.08. The van der Waals surface area contributed by atoms with E-state index in [0.717, 1.165) is 0 Å². The first-order valence-electron chi connectivity index (χ1n) is 5.18. The van der Waals surface area contributed by atoms with E-state index in [4.69, 9.17) is 14.6 Å². The van der Waals surface area contributed by atoms with Crippen molar-refractivity contribution in [3.05, 3.63) is 24.3 Å². The molecule has 90 valence electrons. The van der Waals surface area contributed by atoms with Crippen LogP contribution in [0.15, 0.2) is 24.3 Å². The molecular formula is C12H12O5. The number of aliphatic carboxylic acids is 1. The third-order valence-corrected chi connectivity index (χ3v) is 2.82. The van der Waals surface area contributed by atoms with Gasteiger partial charge < -0.3 is 14.6 Å². The predicted molar refractivity (Wildman–Crippen MR) is 57.9 cm³/mol. The molecule has 2 rings (SSSR count). The number of hydrogen-bond donors (Lipinski definition) is 1. The lowest BCUT2D eigenvalue weighted by Crippen LogP contribution is -2.29. The maximum atomic E-state index is 11.7. The van der Waals surface area contributed by atoms with Crippen LogP contribution in [0.4, 0.5) is 0 Å². The Kier molecular flexibility index (Phi) is 2.75. The fraction of sp³-hybridized carbons (Fsp3) is 0.333. The van der Waals surface area contributed by atoms with Gasteiger partial charge >= 0.3 is 11.9 Å². The van der Waals surface area contributed by atoms with E-state index in [9.17, 15) is 9.59 Å². The minimum Gasteiger partial charge on any atom is -0.497 e. The van der Waals surface area contributed by atoms with Crippen LogP contribution in [-0.2, 0) is 9.59 Å². The van der Waals surface area contributed by atoms with Crippen LogP contribution in [0.2, 0.25) is 0 Å². The molecule has 0 aliphatic heterocycles. The number of rotatable bonds is 4. The van der Waals surface area contributed by atoms with Crippen molar-refractivity contribution in [2.75, 3.05) is 7.11 Å². The number of methoxy groups -OCH3 is 1. The first kappa shape index (κ1) is 11.4. The topological polar surface area (TPSA) is 72.8 Å². The number of esters is 1. The minimum absolute atomic E-state index is 0.323. The lowest BCUT2D eigenvalue weighted by atomic mass is 10.1. The van der Waals surface area contributed by atoms with Crippen LogP contribution in [0.25, 0.3) is 0 Å². The summed E-state index contributed by atoms with van der Waals surface area (Å²) in [5.74, 6) is -0.848. The Bertz CT molecular complexity index is 444. The number of hydrogen-bond acceptors (Lipinski definition) is 4. The molecule has 5 heteroatoms. The Morgan fingerprint density at radius 2 is 1.71 bits per heavy atom. The number of benzene rings is 1. The summed E-state index contributed by atoms with van der Waals surface area (Å²) in [4.78, 5) is 22.6. The highest BCUT2D eigenvalue weighted by molar-refractivity contribution is 6.03. The van der Waals surface area contributed by atoms with Gasteiger partial charge in [0.15, 0.2) is 5.41 Å². The van der Waals surface area contributed by atoms with Gasteiger partial charge in [0.2, 0.25) is 0 Å². The summed E-state index contributed by atoms with van der Waals surface area (Å²) in [5, 5.41) is 8.91. The zero-order valence-electron chi connectivity index (χ0n) is 9.30. The van der Waals surface area contributed by atoms with Crippen molar-refractivity contribution in [3.8, 4) is 11.5 Å². The number of carbonyl (C=O) groups excluding carboxylic acids is 1. The summed E-state index contributed by atoms with van der Waals surface area (Å²) >= 11 is 0. The normalized spacial score (nSPS) is 16.1. The maximum Gasteiger partial charge on any atom is 0.328 e. The van der Waals surface area contributed by atoms with Crippen molar-refractivity contribution in [3.63, 3.8) is 0 Å². The second-order valence-electron chi connectivity index (χ2n) is 3.95. The molecule has 0 unspecified atom stereocenters. The van der Waals surface area contributed by atoms with Crippen molar-refractivity contribution in [1.29, 1.82) is 0 Å². The Labute approximate surface area is 98.0 Å². The zero-order chi connectivity index (χ0) is 12.5. The molecule has 0 heterocycles. The van der Waals surface area contributed by atoms with Crippen molar-refractivity contribution in [2.45, 2.75) is 12.8 Å². The fourth-order valence-electron chi connectivity index (χ4n) is 1.48. The standard InChI is InChI=1S/C12H12O5/c1-16-8-2-4-9(5-3-8)17-11(15)12(6-7-12)10(13)14/h2-5H,6-7H2,1H3,(H,13,14). The van der Waals surface area contributed by atoms with Crippen LogP contribution in [0, 0.1) is 5.41 Å². The Hall–Kier alpha value is -2.04. The van der Waals surface area contributed by atoms with Gasteiger partial charge in [-0.05, 0) is 37.1 Å². The number of ether oxygens (including phenoxy) is 2. The first-order chi connectivity index (χ1) is 8.08. The second kappa shape index (κ2) is 4.08. The average molecular weight is 236 g/mol. The number of carbonyl (C=O) groups is 2. The van der Waals surface area contributed by atoms with Crippen molar-refractivity contribution in [1.82, 2.24) is 0 Å². The van der Waals surface area contributed by atoms with Gasteiger partial charge in [-0.15, -0.1) is 0 Å². The van der Waals surface area contributed by atoms with E-state index in [0.29, 0.717) is 24.3 Å². The summed E-state index contributed by atoms with van der Waals surface area (Å²) < 4.78 is 9.98. The van der Waals surface area contributed by atoms with Gasteiger partial charge in [0.1, 0.15) is 11.5 Å². The monoisotopic (exact) mass is 236 g/mol. The zero-order valence-corrected chi connectivity index (χ0v) is 9.30. The van der Waals surface area contributed by atoms with Crippen LogP contribution in [0.3, 0.4) is 0 Å². The highest BCUT2D eigenvalue weighted by Crippen LogP contribution is 2.47. The van der Waals surface area contributed by atoms with Crippen LogP contribution in [0.5, 0.6) is 11.5 Å². The van der Waals surface area contributed by atoms with E-state index < -0.39 is 17.4 Å². The molecule has 0 saturated heterocycles. The van der Waals surface area contributed by atoms with Crippen LogP contribution in [-0.4, -0.2) is 24.2 Å². The average Bonchev–Trinajstić information content (AvgIpc) is 3.11. The van der Waals surface area contributed by atoms with Gasteiger partial charge in [0.05, 0.1) is 7.11 Å². The smallest absolute Gasteiger partial charge is 0.328 e. The summed E-state index contributed by atoms with van der Waals surface area (Å²) in [6.07, 6.45) is 0.689. The van der Waals surface area contributed by atoms with Gasteiger partial charge in [-0.3, -0.25) is 9.59 Å². The van der Waals surface area contributed by atoms with E-state index in [-0.39, 0.29) is 0 Å². The Balaban J connectivity index is 2.06. The van der Waals surface area contributed by atoms with E-state index in [1.807, 2.05) is 0 Å². The second-order valence-corrected chi connectivity index (χ2v) is 3.95. The third-order valence-electron chi connectivity index (χ3n) is 2.82. The molecule has 1 saturated carbocycles. The van der Waals surface area contributed by atoms with Crippen molar-refractivity contribution < 1.29 is 24.2 Å².